The van der Waals surface area contributed by atoms with Gasteiger partial charge in [0.25, 0.3) is 0 Å². The van der Waals surface area contributed by atoms with Crippen molar-refractivity contribution in [3.05, 3.63) is 42.1 Å². The SMILES string of the molecule is Cc1cnn(-c2ccccc2)c1NC(=O)CCC(=O)OC(C)(C)C. The number of amides is 1. The van der Waals surface area contributed by atoms with E-state index in [-0.39, 0.29) is 24.7 Å². The number of esters is 1. The second kappa shape index (κ2) is 7.29. The molecular formula is C18H23N3O3. The fourth-order valence-electron chi connectivity index (χ4n) is 2.15. The summed E-state index contributed by atoms with van der Waals surface area (Å²) in [7, 11) is 0. The van der Waals surface area contributed by atoms with Crippen LogP contribution >= 0.6 is 0 Å². The average molecular weight is 329 g/mol. The number of para-hydroxylation sites is 1. The Morgan fingerprint density at radius 1 is 1.17 bits per heavy atom. The topological polar surface area (TPSA) is 73.2 Å². The lowest BCUT2D eigenvalue weighted by Gasteiger charge is -2.19. The lowest BCUT2D eigenvalue weighted by atomic mass is 10.2. The van der Waals surface area contributed by atoms with Crippen molar-refractivity contribution < 1.29 is 14.3 Å². The number of ether oxygens (including phenoxy) is 1. The molecule has 0 radical (unpaired) electrons. The number of hydrogen-bond acceptors (Lipinski definition) is 4. The molecule has 6 nitrogen and oxygen atoms in total. The first-order valence-electron chi connectivity index (χ1n) is 7.88. The number of carbonyl (C=O) groups excluding carboxylic acids is 2. The zero-order valence-corrected chi connectivity index (χ0v) is 14.5. The van der Waals surface area contributed by atoms with Crippen molar-refractivity contribution in [2.24, 2.45) is 0 Å². The van der Waals surface area contributed by atoms with Gasteiger partial charge in [-0.3, -0.25) is 9.59 Å². The van der Waals surface area contributed by atoms with Gasteiger partial charge in [0.15, 0.2) is 0 Å². The number of nitrogens with zero attached hydrogens (tertiary/aromatic N) is 2. The van der Waals surface area contributed by atoms with Gasteiger partial charge in [0.1, 0.15) is 11.4 Å². The molecule has 128 valence electrons. The predicted molar refractivity (Wildman–Crippen MR) is 92.0 cm³/mol. The van der Waals surface area contributed by atoms with Crippen LogP contribution in [0.5, 0.6) is 0 Å². The highest BCUT2D eigenvalue weighted by Crippen LogP contribution is 2.19. The van der Waals surface area contributed by atoms with E-state index in [0.29, 0.717) is 5.82 Å². The van der Waals surface area contributed by atoms with Gasteiger partial charge in [0.2, 0.25) is 5.91 Å². The van der Waals surface area contributed by atoms with Gasteiger partial charge in [0.05, 0.1) is 18.3 Å². The summed E-state index contributed by atoms with van der Waals surface area (Å²) in [5.74, 6) is -0.0250. The number of nitrogens with one attached hydrogen (secondary N) is 1. The molecule has 1 aromatic heterocycles. The van der Waals surface area contributed by atoms with Crippen molar-refractivity contribution in [1.29, 1.82) is 0 Å². The van der Waals surface area contributed by atoms with E-state index in [2.05, 4.69) is 10.4 Å². The number of benzene rings is 1. The molecule has 1 amide bonds. The molecule has 0 aliphatic heterocycles. The normalized spacial score (nSPS) is 11.2. The number of hydrogen-bond donors (Lipinski definition) is 1. The molecule has 0 atom stereocenters. The second-order valence-electron chi connectivity index (χ2n) is 6.56. The molecule has 6 heteroatoms. The third kappa shape index (κ3) is 4.94. The fourth-order valence-corrected chi connectivity index (χ4v) is 2.15. The second-order valence-corrected chi connectivity index (χ2v) is 6.56. The quantitative estimate of drug-likeness (QED) is 0.855. The summed E-state index contributed by atoms with van der Waals surface area (Å²) in [6.45, 7) is 7.27. The first-order valence-corrected chi connectivity index (χ1v) is 7.88. The van der Waals surface area contributed by atoms with E-state index >= 15 is 0 Å². The largest absolute Gasteiger partial charge is 0.460 e. The Morgan fingerprint density at radius 2 is 1.83 bits per heavy atom. The molecular weight excluding hydrogens is 306 g/mol. The van der Waals surface area contributed by atoms with Gasteiger partial charge in [-0.05, 0) is 39.8 Å². The van der Waals surface area contributed by atoms with E-state index in [9.17, 15) is 9.59 Å². The molecule has 0 saturated carbocycles. The minimum absolute atomic E-state index is 0.0433. The minimum Gasteiger partial charge on any atom is -0.460 e. The summed E-state index contributed by atoms with van der Waals surface area (Å²) in [4.78, 5) is 23.9. The standard InChI is InChI=1S/C18H23N3O3/c1-13-12-19-21(14-8-6-5-7-9-14)17(13)20-15(22)10-11-16(23)24-18(2,3)4/h5-9,12H,10-11H2,1-4H3,(H,20,22). The Hall–Kier alpha value is -2.63. The Morgan fingerprint density at radius 3 is 2.46 bits per heavy atom. The molecule has 0 saturated heterocycles. The zero-order valence-electron chi connectivity index (χ0n) is 14.5. The van der Waals surface area contributed by atoms with E-state index in [1.165, 1.54) is 0 Å². The van der Waals surface area contributed by atoms with Crippen LogP contribution in [0.15, 0.2) is 36.5 Å². The van der Waals surface area contributed by atoms with Gasteiger partial charge < -0.3 is 10.1 Å². The number of carbonyl (C=O) groups is 2. The summed E-state index contributed by atoms with van der Waals surface area (Å²) in [5, 5.41) is 7.12. The van der Waals surface area contributed by atoms with Crippen molar-refractivity contribution in [2.75, 3.05) is 5.32 Å². The van der Waals surface area contributed by atoms with Crippen LogP contribution in [0.3, 0.4) is 0 Å². The highest BCUT2D eigenvalue weighted by atomic mass is 16.6. The molecule has 2 aromatic rings. The maximum absolute atomic E-state index is 12.2. The Labute approximate surface area is 141 Å². The maximum Gasteiger partial charge on any atom is 0.306 e. The van der Waals surface area contributed by atoms with E-state index in [4.69, 9.17) is 4.74 Å². The van der Waals surface area contributed by atoms with Gasteiger partial charge in [-0.15, -0.1) is 0 Å². The van der Waals surface area contributed by atoms with Crippen LogP contribution in [0.4, 0.5) is 5.82 Å². The molecule has 24 heavy (non-hydrogen) atoms. The third-order valence-corrected chi connectivity index (χ3v) is 3.19. The minimum atomic E-state index is -0.546. The maximum atomic E-state index is 12.2. The Kier molecular flexibility index (Phi) is 5.39. The highest BCUT2D eigenvalue weighted by molar-refractivity contribution is 5.92. The van der Waals surface area contributed by atoms with E-state index < -0.39 is 5.60 Å². The number of anilines is 1. The summed E-state index contributed by atoms with van der Waals surface area (Å²) >= 11 is 0. The number of aromatic nitrogens is 2. The molecule has 2 rings (SSSR count). The van der Waals surface area contributed by atoms with Crippen molar-refractivity contribution in [2.45, 2.75) is 46.1 Å². The van der Waals surface area contributed by atoms with Gasteiger partial charge >= 0.3 is 5.97 Å². The molecule has 1 heterocycles. The van der Waals surface area contributed by atoms with Crippen molar-refractivity contribution in [3.63, 3.8) is 0 Å². The summed E-state index contributed by atoms with van der Waals surface area (Å²) in [6.07, 6.45) is 1.80. The smallest absolute Gasteiger partial charge is 0.306 e. The molecule has 0 bridgehead atoms. The average Bonchev–Trinajstić information content (AvgIpc) is 2.86. The van der Waals surface area contributed by atoms with Gasteiger partial charge in [-0.1, -0.05) is 18.2 Å². The zero-order chi connectivity index (χ0) is 17.7. The van der Waals surface area contributed by atoms with E-state index in [1.54, 1.807) is 31.6 Å². The van der Waals surface area contributed by atoms with Crippen molar-refractivity contribution >= 4 is 17.7 Å². The van der Waals surface area contributed by atoms with Crippen LogP contribution in [-0.4, -0.2) is 27.3 Å². The van der Waals surface area contributed by atoms with Crippen molar-refractivity contribution in [3.8, 4) is 5.69 Å². The van der Waals surface area contributed by atoms with E-state index in [1.807, 2.05) is 37.3 Å². The van der Waals surface area contributed by atoms with Crippen LogP contribution in [0.1, 0.15) is 39.2 Å². The van der Waals surface area contributed by atoms with Crippen LogP contribution in [-0.2, 0) is 14.3 Å². The molecule has 0 fully saturated rings. The van der Waals surface area contributed by atoms with Crippen LogP contribution in [0.2, 0.25) is 0 Å². The lowest BCUT2D eigenvalue weighted by Crippen LogP contribution is -2.25. The van der Waals surface area contributed by atoms with Crippen LogP contribution < -0.4 is 5.32 Å². The summed E-state index contributed by atoms with van der Waals surface area (Å²) in [5.41, 5.74) is 1.16. The molecule has 0 aliphatic rings. The molecule has 1 aromatic carbocycles. The first-order chi connectivity index (χ1) is 11.3. The van der Waals surface area contributed by atoms with Crippen molar-refractivity contribution in [1.82, 2.24) is 9.78 Å². The Balaban J connectivity index is 2.00. The number of aryl methyl sites for hydroxylation is 1. The van der Waals surface area contributed by atoms with Crippen LogP contribution in [0, 0.1) is 6.92 Å². The first kappa shape index (κ1) is 17.7. The summed E-state index contributed by atoms with van der Waals surface area (Å²) in [6, 6.07) is 9.53. The van der Waals surface area contributed by atoms with E-state index in [0.717, 1.165) is 11.3 Å². The molecule has 0 aliphatic carbocycles. The highest BCUT2D eigenvalue weighted by Gasteiger charge is 2.18. The van der Waals surface area contributed by atoms with Gasteiger partial charge in [-0.25, -0.2) is 4.68 Å². The number of rotatable bonds is 5. The molecule has 1 N–H and O–H groups in total. The fraction of sp³-hybridized carbons (Fsp3) is 0.389. The predicted octanol–water partition coefficient (Wildman–Crippen LogP) is 3.24. The van der Waals surface area contributed by atoms with Gasteiger partial charge in [-0.2, -0.15) is 5.10 Å². The van der Waals surface area contributed by atoms with Crippen LogP contribution in [0.25, 0.3) is 5.69 Å². The monoisotopic (exact) mass is 329 g/mol. The molecule has 0 spiro atoms. The molecule has 0 unspecified atom stereocenters. The lowest BCUT2D eigenvalue weighted by molar-refractivity contribution is -0.155. The van der Waals surface area contributed by atoms with Gasteiger partial charge in [0, 0.05) is 12.0 Å². The third-order valence-electron chi connectivity index (χ3n) is 3.19. The Bertz CT molecular complexity index is 715. The summed E-state index contributed by atoms with van der Waals surface area (Å²) < 4.78 is 6.87.